The summed E-state index contributed by atoms with van der Waals surface area (Å²) in [6.45, 7) is 33.4. The Morgan fingerprint density at radius 2 is 1.09 bits per heavy atom. The van der Waals surface area contributed by atoms with E-state index in [0.717, 1.165) is 44.2 Å². The first-order valence-electron chi connectivity index (χ1n) is 20.9. The molecule has 10 nitrogen and oxygen atoms in total. The lowest BCUT2D eigenvalue weighted by Gasteiger charge is -2.30. The van der Waals surface area contributed by atoms with Crippen LogP contribution in [0.25, 0.3) is 0 Å². The second kappa shape index (κ2) is 21.5. The molecule has 0 bridgehead atoms. The van der Waals surface area contributed by atoms with E-state index >= 15 is 0 Å². The molecule has 2 aromatic carbocycles. The highest BCUT2D eigenvalue weighted by Gasteiger charge is 2.28. The van der Waals surface area contributed by atoms with E-state index in [1.54, 1.807) is 0 Å². The predicted molar refractivity (Wildman–Crippen MR) is 241 cm³/mol. The molecule has 0 radical (unpaired) electrons. The van der Waals surface area contributed by atoms with Gasteiger partial charge in [-0.3, -0.25) is 0 Å². The van der Waals surface area contributed by atoms with Crippen LogP contribution in [0.15, 0.2) is 97.0 Å². The molecule has 4 aliphatic rings. The van der Waals surface area contributed by atoms with E-state index in [2.05, 4.69) is 232 Å². The van der Waals surface area contributed by atoms with Crippen molar-refractivity contribution in [2.45, 2.75) is 121 Å². The normalized spacial score (nSPS) is 20.7. The van der Waals surface area contributed by atoms with Gasteiger partial charge in [0.1, 0.15) is 12.0 Å². The number of benzene rings is 2. The molecule has 5 heterocycles. The molecule has 4 atom stereocenters. The minimum Gasteiger partial charge on any atom is -0.359 e. The zero-order chi connectivity index (χ0) is 41.7. The van der Waals surface area contributed by atoms with Crippen LogP contribution in [0.2, 0.25) is 0 Å². The van der Waals surface area contributed by atoms with Crippen molar-refractivity contribution in [3.8, 4) is 0 Å². The Kier molecular flexibility index (Phi) is 17.6. The number of aryl methyl sites for hydroxylation is 3. The summed E-state index contributed by atoms with van der Waals surface area (Å²) in [7, 11) is 6.38. The lowest BCUT2D eigenvalue weighted by Crippen LogP contribution is -2.38. The Labute approximate surface area is 342 Å². The average Bonchev–Trinajstić information content (AvgIpc) is 3.95. The largest absolute Gasteiger partial charge is 0.359 e. The minimum atomic E-state index is 0.428. The number of nitrogens with zero attached hydrogens (tertiary/aromatic N) is 10. The Bertz CT molecular complexity index is 1700. The van der Waals surface area contributed by atoms with Crippen LogP contribution in [0.4, 0.5) is 17.1 Å². The molecule has 56 heavy (non-hydrogen) atoms. The maximum Gasteiger partial charge on any atom is 0.105 e. The van der Waals surface area contributed by atoms with Crippen LogP contribution in [0, 0.1) is 13.8 Å². The zero-order valence-corrected chi connectivity index (χ0v) is 37.9. The molecule has 0 saturated heterocycles. The molecule has 310 valence electrons. The smallest absolute Gasteiger partial charge is 0.105 e. The minimum absolute atomic E-state index is 0.428. The molecule has 0 spiro atoms. The van der Waals surface area contributed by atoms with E-state index < -0.39 is 0 Å². The van der Waals surface area contributed by atoms with E-state index in [1.165, 1.54) is 28.5 Å². The van der Waals surface area contributed by atoms with Crippen LogP contribution in [0.5, 0.6) is 0 Å². The maximum absolute atomic E-state index is 4.24. The Hall–Kier alpha value is -4.73. The molecule has 0 unspecified atom stereocenters. The first-order valence-corrected chi connectivity index (χ1v) is 20.9. The topological polar surface area (TPSA) is 43.7 Å². The number of para-hydroxylation sites is 3. The summed E-state index contributed by atoms with van der Waals surface area (Å²) in [5.41, 5.74) is 7.76. The fourth-order valence-corrected chi connectivity index (χ4v) is 7.61. The van der Waals surface area contributed by atoms with Crippen LogP contribution in [0.3, 0.4) is 0 Å². The van der Waals surface area contributed by atoms with Gasteiger partial charge in [-0.05, 0) is 114 Å². The third-order valence-corrected chi connectivity index (χ3v) is 11.6. The van der Waals surface area contributed by atoms with Crippen molar-refractivity contribution in [1.82, 2.24) is 34.1 Å². The molecule has 0 N–H and O–H groups in total. The van der Waals surface area contributed by atoms with Gasteiger partial charge in [0, 0.05) is 102 Å². The van der Waals surface area contributed by atoms with Gasteiger partial charge in [0.05, 0.1) is 35.6 Å². The number of aromatic nitrogens is 2. The van der Waals surface area contributed by atoms with E-state index in [9.17, 15) is 0 Å². The van der Waals surface area contributed by atoms with Gasteiger partial charge in [-0.15, -0.1) is 0 Å². The summed E-state index contributed by atoms with van der Waals surface area (Å²) in [5, 5.41) is 0. The van der Waals surface area contributed by atoms with Crippen molar-refractivity contribution in [1.29, 1.82) is 0 Å². The third-order valence-electron chi connectivity index (χ3n) is 11.6. The predicted octanol–water partition coefficient (Wildman–Crippen LogP) is 9.40. The second-order valence-corrected chi connectivity index (χ2v) is 14.9. The molecule has 7 rings (SSSR count). The number of imidazole rings is 1. The second-order valence-electron chi connectivity index (χ2n) is 14.9. The molecule has 3 aromatic rings. The first kappa shape index (κ1) is 45.7. The fourth-order valence-electron chi connectivity index (χ4n) is 7.61. The van der Waals surface area contributed by atoms with Gasteiger partial charge in [0.2, 0.25) is 0 Å². The molecule has 4 aliphatic heterocycles. The van der Waals surface area contributed by atoms with E-state index in [0.29, 0.717) is 24.7 Å². The van der Waals surface area contributed by atoms with Crippen molar-refractivity contribution >= 4 is 17.1 Å². The molecule has 0 saturated carbocycles. The average molecular weight is 769 g/mol. The molecular weight excluding hydrogens is 693 g/mol. The van der Waals surface area contributed by atoms with Gasteiger partial charge in [-0.2, -0.15) is 0 Å². The number of fused-ring (bicyclic) bond motifs is 1. The van der Waals surface area contributed by atoms with Gasteiger partial charge < -0.3 is 43.8 Å². The Morgan fingerprint density at radius 1 is 0.536 bits per heavy atom. The summed E-state index contributed by atoms with van der Waals surface area (Å²) in [6.07, 6.45) is 12.8. The molecule has 10 heteroatoms. The van der Waals surface area contributed by atoms with Crippen LogP contribution < -0.4 is 14.7 Å². The lowest BCUT2D eigenvalue weighted by atomic mass is 10.2. The SMILES string of the molecule is CCN1C=C(C)N(C)[C@@H]1C.CCN1C=C(C)N(c2ccccc2)[C@@H]1C.CCN1C=CN(C)[C@@H]1C.CCN1c2ccccc2N(C)[C@@H]1C.CCn1cc(C)nc1C. The van der Waals surface area contributed by atoms with Gasteiger partial charge in [-0.1, -0.05) is 30.3 Å². The van der Waals surface area contributed by atoms with E-state index in [4.69, 9.17) is 0 Å². The van der Waals surface area contributed by atoms with Crippen LogP contribution >= 0.6 is 0 Å². The monoisotopic (exact) mass is 769 g/mol. The van der Waals surface area contributed by atoms with Gasteiger partial charge in [0.15, 0.2) is 0 Å². The van der Waals surface area contributed by atoms with Crippen molar-refractivity contribution in [2.75, 3.05) is 62.0 Å². The number of hydrogen-bond acceptors (Lipinski definition) is 9. The van der Waals surface area contributed by atoms with Crippen LogP contribution in [-0.4, -0.2) is 106 Å². The number of allylic oxidation sites excluding steroid dienone is 2. The van der Waals surface area contributed by atoms with Crippen molar-refractivity contribution in [2.24, 2.45) is 0 Å². The summed E-state index contributed by atoms with van der Waals surface area (Å²) >= 11 is 0. The fraction of sp³-hybridized carbons (Fsp3) is 0.543. The van der Waals surface area contributed by atoms with Crippen LogP contribution in [0.1, 0.15) is 87.7 Å². The van der Waals surface area contributed by atoms with Crippen LogP contribution in [-0.2, 0) is 6.54 Å². The highest BCUT2D eigenvalue weighted by Crippen LogP contribution is 2.37. The first-order chi connectivity index (χ1) is 26.6. The Balaban J connectivity index is 0.000000191. The molecule has 0 fully saturated rings. The zero-order valence-electron chi connectivity index (χ0n) is 37.9. The third kappa shape index (κ3) is 11.2. The number of rotatable bonds is 6. The van der Waals surface area contributed by atoms with Crippen molar-refractivity contribution in [3.05, 3.63) is 109 Å². The quantitative estimate of drug-likeness (QED) is 0.244. The number of anilines is 3. The van der Waals surface area contributed by atoms with Gasteiger partial charge in [0.25, 0.3) is 0 Å². The van der Waals surface area contributed by atoms with Crippen molar-refractivity contribution in [3.63, 3.8) is 0 Å². The summed E-state index contributed by atoms with van der Waals surface area (Å²) < 4.78 is 2.13. The Morgan fingerprint density at radius 3 is 1.48 bits per heavy atom. The van der Waals surface area contributed by atoms with E-state index in [-0.39, 0.29) is 0 Å². The van der Waals surface area contributed by atoms with Gasteiger partial charge in [-0.25, -0.2) is 4.98 Å². The van der Waals surface area contributed by atoms with Crippen molar-refractivity contribution < 1.29 is 0 Å². The molecular formula is C46H76N10. The standard InChI is InChI=1S/C13H18N2.C11H16N2.C8H16N2.C7H14N2.C7H12N2/c1-4-14-10-11(2)15(12(14)3)13-8-6-5-7-9-13;1-4-13-9(2)12(3)10-7-5-6-8-11(10)13;1-5-10-6-7(2)9(4)8(10)3;1-4-9-6-5-8(3)7(9)2;1-4-9-5-6(2)8-7(9)3/h5-10,12H,4H2,1-3H3;5-9H,4H2,1-3H3;6,8H,5H2,1-4H3;5-7H,4H2,1-3H3;5H,4H2,1-3H3/t12-;9-;8-;7-;/m1000./s1. The highest BCUT2D eigenvalue weighted by atomic mass is 15.4. The summed E-state index contributed by atoms with van der Waals surface area (Å²) in [4.78, 5) is 22.8. The summed E-state index contributed by atoms with van der Waals surface area (Å²) in [6, 6.07) is 19.1. The number of hydrogen-bond donors (Lipinski definition) is 0. The van der Waals surface area contributed by atoms with E-state index in [1.807, 2.05) is 13.8 Å². The molecule has 1 aromatic heterocycles. The van der Waals surface area contributed by atoms with Gasteiger partial charge >= 0.3 is 0 Å². The highest BCUT2D eigenvalue weighted by molar-refractivity contribution is 5.76. The summed E-state index contributed by atoms with van der Waals surface area (Å²) in [5.74, 6) is 1.11. The lowest BCUT2D eigenvalue weighted by molar-refractivity contribution is 0.195. The molecule has 0 aliphatic carbocycles. The maximum atomic E-state index is 4.24. The molecule has 0 amide bonds.